The summed E-state index contributed by atoms with van der Waals surface area (Å²) in [5, 5.41) is 2.92. The van der Waals surface area contributed by atoms with Crippen LogP contribution in [0.1, 0.15) is 30.9 Å². The zero-order valence-electron chi connectivity index (χ0n) is 14.8. The minimum Gasteiger partial charge on any atom is -0.298 e. The van der Waals surface area contributed by atoms with E-state index in [9.17, 15) is 0 Å². The van der Waals surface area contributed by atoms with Crippen LogP contribution < -0.4 is 5.43 Å². The Hall–Kier alpha value is -1.69. The molecule has 4 rings (SSSR count). The number of aryl methyl sites for hydroxylation is 1. The second-order valence-corrected chi connectivity index (χ2v) is 7.50. The van der Waals surface area contributed by atoms with Crippen molar-refractivity contribution in [1.82, 2.24) is 15.3 Å². The molecule has 0 bridgehead atoms. The molecule has 132 valence electrons. The molecule has 1 N–H and O–H groups in total. The van der Waals surface area contributed by atoms with Gasteiger partial charge in [0.25, 0.3) is 0 Å². The third kappa shape index (κ3) is 3.50. The van der Waals surface area contributed by atoms with Crippen molar-refractivity contribution in [2.75, 3.05) is 19.8 Å². The number of benzene rings is 1. The zero-order chi connectivity index (χ0) is 17.4. The van der Waals surface area contributed by atoms with Crippen molar-refractivity contribution in [2.45, 2.75) is 33.2 Å². The van der Waals surface area contributed by atoms with Gasteiger partial charge in [-0.05, 0) is 56.5 Å². The number of halogens is 1. The molecule has 1 saturated heterocycles. The van der Waals surface area contributed by atoms with E-state index in [0.717, 1.165) is 41.9 Å². The lowest BCUT2D eigenvalue weighted by Gasteiger charge is -2.37. The number of piperidine rings is 1. The molecule has 6 heteroatoms. The fourth-order valence-electron chi connectivity index (χ4n) is 3.88. The summed E-state index contributed by atoms with van der Waals surface area (Å²) in [6.45, 7) is 7.92. The molecule has 0 saturated carbocycles. The largest absolute Gasteiger partial charge is 0.298 e. The minimum atomic E-state index is 0.503. The smallest absolute Gasteiger partial charge is 0.241 e. The topological polar surface area (TPSA) is 43.2 Å². The van der Waals surface area contributed by atoms with E-state index in [1.54, 1.807) is 0 Å². The summed E-state index contributed by atoms with van der Waals surface area (Å²) in [6, 6.07) is 6.35. The number of aliphatic imine (C=N–C) groups is 2. The van der Waals surface area contributed by atoms with Crippen LogP contribution in [0.3, 0.4) is 0 Å². The standard InChI is InChI=1S/C19H24ClN5/c1-13-8-15(5-6-17(13)20)10-24-7-3-4-16(11-24)18-9-14(2)23-19-21-12-22-25(18)19/h5-6,8-9,16,22H,3-4,7,10-12H2,1-2H3. The number of hydrogen-bond acceptors (Lipinski definition) is 5. The minimum absolute atomic E-state index is 0.503. The Morgan fingerprint density at radius 2 is 2.20 bits per heavy atom. The zero-order valence-corrected chi connectivity index (χ0v) is 15.6. The molecule has 0 amide bonds. The van der Waals surface area contributed by atoms with Gasteiger partial charge in [0.2, 0.25) is 5.96 Å². The van der Waals surface area contributed by atoms with Crippen LogP contribution in [0.4, 0.5) is 0 Å². The summed E-state index contributed by atoms with van der Waals surface area (Å²) >= 11 is 6.16. The molecular formula is C19H24ClN5. The monoisotopic (exact) mass is 357 g/mol. The van der Waals surface area contributed by atoms with Crippen LogP contribution in [0, 0.1) is 12.8 Å². The summed E-state index contributed by atoms with van der Waals surface area (Å²) in [4.78, 5) is 11.5. The van der Waals surface area contributed by atoms with E-state index in [2.05, 4.69) is 57.4 Å². The van der Waals surface area contributed by atoms with Crippen molar-refractivity contribution in [3.8, 4) is 0 Å². The molecule has 0 aliphatic carbocycles. The number of guanidine groups is 1. The first-order valence-corrected chi connectivity index (χ1v) is 9.30. The first-order valence-electron chi connectivity index (χ1n) is 8.92. The summed E-state index contributed by atoms with van der Waals surface area (Å²) in [7, 11) is 0. The van der Waals surface area contributed by atoms with E-state index in [1.165, 1.54) is 24.1 Å². The van der Waals surface area contributed by atoms with Crippen molar-refractivity contribution < 1.29 is 0 Å². The van der Waals surface area contributed by atoms with Gasteiger partial charge >= 0.3 is 0 Å². The number of hydrazine groups is 1. The molecule has 3 heterocycles. The highest BCUT2D eigenvalue weighted by molar-refractivity contribution is 6.31. The van der Waals surface area contributed by atoms with Crippen LogP contribution in [-0.4, -0.2) is 41.3 Å². The van der Waals surface area contributed by atoms with Gasteiger partial charge in [-0.25, -0.2) is 20.4 Å². The lowest BCUT2D eigenvalue weighted by molar-refractivity contribution is 0.166. The third-order valence-corrected chi connectivity index (χ3v) is 5.52. The van der Waals surface area contributed by atoms with Crippen molar-refractivity contribution >= 4 is 23.3 Å². The lowest BCUT2D eigenvalue weighted by atomic mass is 9.92. The molecule has 1 unspecified atom stereocenters. The van der Waals surface area contributed by atoms with E-state index >= 15 is 0 Å². The molecule has 0 spiro atoms. The van der Waals surface area contributed by atoms with Gasteiger partial charge in [0, 0.05) is 35.4 Å². The lowest BCUT2D eigenvalue weighted by Crippen LogP contribution is -2.45. The van der Waals surface area contributed by atoms with Crippen LogP contribution in [0.15, 0.2) is 40.0 Å². The summed E-state index contributed by atoms with van der Waals surface area (Å²) in [6.07, 6.45) is 4.63. The van der Waals surface area contributed by atoms with Gasteiger partial charge in [0.15, 0.2) is 0 Å². The Morgan fingerprint density at radius 1 is 1.32 bits per heavy atom. The molecule has 1 atom stereocenters. The molecular weight excluding hydrogens is 334 g/mol. The second-order valence-electron chi connectivity index (χ2n) is 7.09. The summed E-state index contributed by atoms with van der Waals surface area (Å²) in [5.41, 5.74) is 8.16. The number of nitrogens with zero attached hydrogens (tertiary/aromatic N) is 4. The maximum Gasteiger partial charge on any atom is 0.241 e. The number of likely N-dealkylation sites (tertiary alicyclic amines) is 1. The maximum absolute atomic E-state index is 6.16. The molecule has 0 radical (unpaired) electrons. The molecule has 3 aliphatic heterocycles. The molecule has 5 nitrogen and oxygen atoms in total. The quantitative estimate of drug-likeness (QED) is 0.902. The van der Waals surface area contributed by atoms with Crippen molar-refractivity contribution in [1.29, 1.82) is 0 Å². The van der Waals surface area contributed by atoms with E-state index in [4.69, 9.17) is 11.6 Å². The average Bonchev–Trinajstić information content (AvgIpc) is 3.06. The predicted octanol–water partition coefficient (Wildman–Crippen LogP) is 3.35. The third-order valence-electron chi connectivity index (χ3n) is 5.09. The van der Waals surface area contributed by atoms with Gasteiger partial charge in [-0.2, -0.15) is 0 Å². The van der Waals surface area contributed by atoms with Crippen molar-refractivity contribution in [2.24, 2.45) is 15.9 Å². The van der Waals surface area contributed by atoms with Crippen molar-refractivity contribution in [3.05, 3.63) is 46.1 Å². The van der Waals surface area contributed by atoms with Crippen LogP contribution in [0.5, 0.6) is 0 Å². The van der Waals surface area contributed by atoms with Gasteiger partial charge in [-0.1, -0.05) is 23.7 Å². The average molecular weight is 358 g/mol. The number of nitrogens with one attached hydrogen (secondary N) is 1. The van der Waals surface area contributed by atoms with Crippen LogP contribution in [0.2, 0.25) is 5.02 Å². The Bertz CT molecular complexity index is 767. The number of rotatable bonds is 3. The SMILES string of the molecule is CC1=NC2=NCNN2C(C2CCCN(Cc3ccc(Cl)c(C)c3)C2)=C1. The first kappa shape index (κ1) is 16.8. The van der Waals surface area contributed by atoms with Crippen molar-refractivity contribution in [3.63, 3.8) is 0 Å². The second kappa shape index (κ2) is 6.90. The normalized spacial score (nSPS) is 23.9. The fourth-order valence-corrected chi connectivity index (χ4v) is 4.00. The van der Waals surface area contributed by atoms with E-state index in [0.29, 0.717) is 12.6 Å². The Balaban J connectivity index is 1.48. The van der Waals surface area contributed by atoms with Gasteiger partial charge in [-0.3, -0.25) is 4.90 Å². The first-order chi connectivity index (χ1) is 12.1. The number of hydrogen-bond donors (Lipinski definition) is 1. The summed E-state index contributed by atoms with van der Waals surface area (Å²) < 4.78 is 0. The van der Waals surface area contributed by atoms with Crippen LogP contribution in [0.25, 0.3) is 0 Å². The molecule has 25 heavy (non-hydrogen) atoms. The van der Waals surface area contributed by atoms with Crippen LogP contribution >= 0.6 is 11.6 Å². The van der Waals surface area contributed by atoms with E-state index in [-0.39, 0.29) is 0 Å². The molecule has 1 aromatic carbocycles. The summed E-state index contributed by atoms with van der Waals surface area (Å²) in [5.74, 6) is 1.31. The molecule has 1 aromatic rings. The molecule has 0 aromatic heterocycles. The van der Waals surface area contributed by atoms with Gasteiger partial charge < -0.3 is 0 Å². The van der Waals surface area contributed by atoms with Gasteiger partial charge in [-0.15, -0.1) is 0 Å². The Kier molecular flexibility index (Phi) is 4.63. The Labute approximate surface area is 154 Å². The highest BCUT2D eigenvalue weighted by atomic mass is 35.5. The van der Waals surface area contributed by atoms with Gasteiger partial charge in [0.1, 0.15) is 6.67 Å². The van der Waals surface area contributed by atoms with E-state index in [1.807, 2.05) is 6.07 Å². The van der Waals surface area contributed by atoms with E-state index < -0.39 is 0 Å². The molecule has 3 aliphatic rings. The highest BCUT2D eigenvalue weighted by Gasteiger charge is 2.32. The highest BCUT2D eigenvalue weighted by Crippen LogP contribution is 2.29. The number of allylic oxidation sites excluding steroid dienone is 1. The Morgan fingerprint density at radius 3 is 3.04 bits per heavy atom. The maximum atomic E-state index is 6.16. The number of fused-ring (bicyclic) bond motifs is 1. The molecule has 1 fully saturated rings. The van der Waals surface area contributed by atoms with Gasteiger partial charge in [0.05, 0.1) is 0 Å². The van der Waals surface area contributed by atoms with Crippen LogP contribution in [-0.2, 0) is 6.54 Å². The predicted molar refractivity (Wildman–Crippen MR) is 103 cm³/mol. The fraction of sp³-hybridized carbons (Fsp3) is 0.474.